The molecule has 2 unspecified atom stereocenters. The van der Waals surface area contributed by atoms with E-state index in [1.807, 2.05) is 13.0 Å². The van der Waals surface area contributed by atoms with Crippen LogP contribution in [0.3, 0.4) is 0 Å². The lowest BCUT2D eigenvalue weighted by atomic mass is 9.94. The van der Waals surface area contributed by atoms with Crippen LogP contribution in [0.1, 0.15) is 42.7 Å². The van der Waals surface area contributed by atoms with Crippen molar-refractivity contribution in [3.8, 4) is 0 Å². The molecule has 0 N–H and O–H groups in total. The molecule has 0 bridgehead atoms. The van der Waals surface area contributed by atoms with Crippen LogP contribution in [-0.2, 0) is 20.8 Å². The Bertz CT molecular complexity index is 1010. The van der Waals surface area contributed by atoms with E-state index in [0.29, 0.717) is 17.0 Å². The Hall–Kier alpha value is -1.58. The van der Waals surface area contributed by atoms with Gasteiger partial charge in [0.15, 0.2) is 9.84 Å². The van der Waals surface area contributed by atoms with Gasteiger partial charge in [0.25, 0.3) is 0 Å². The molecule has 9 heteroatoms. The highest BCUT2D eigenvalue weighted by atomic mass is 32.2. The van der Waals surface area contributed by atoms with Crippen molar-refractivity contribution >= 4 is 21.6 Å². The molecule has 0 saturated carbocycles. The molecular weight excluding hydrogens is 423 g/mol. The van der Waals surface area contributed by atoms with Crippen LogP contribution in [0, 0.1) is 6.92 Å². The predicted molar refractivity (Wildman–Crippen MR) is 106 cm³/mol. The van der Waals surface area contributed by atoms with Gasteiger partial charge in [0.1, 0.15) is 6.10 Å². The van der Waals surface area contributed by atoms with Gasteiger partial charge in [0, 0.05) is 17.7 Å². The number of hydrogen-bond acceptors (Lipinski definition) is 5. The van der Waals surface area contributed by atoms with Crippen LogP contribution in [0.25, 0.3) is 0 Å². The number of nitrogens with zero attached hydrogens (tertiary/aromatic N) is 1. The zero-order chi connectivity index (χ0) is 21.4. The van der Waals surface area contributed by atoms with Gasteiger partial charge in [0.2, 0.25) is 0 Å². The highest BCUT2D eigenvalue weighted by Gasteiger charge is 2.46. The summed E-state index contributed by atoms with van der Waals surface area (Å²) in [6.07, 6.45) is -2.33. The zero-order valence-electron chi connectivity index (χ0n) is 16.3. The molecule has 3 rings (SSSR count). The molecule has 0 radical (unpaired) electrons. The van der Waals surface area contributed by atoms with E-state index in [1.54, 1.807) is 31.4 Å². The lowest BCUT2D eigenvalue weighted by Crippen LogP contribution is -2.42. The molecule has 1 saturated heterocycles. The fraction of sp³-hybridized carbons (Fsp3) is 0.450. The molecule has 2 atom stereocenters. The van der Waals surface area contributed by atoms with Crippen molar-refractivity contribution in [2.75, 3.05) is 12.9 Å². The van der Waals surface area contributed by atoms with E-state index in [1.165, 1.54) is 0 Å². The van der Waals surface area contributed by atoms with Crippen molar-refractivity contribution in [3.05, 3.63) is 53.3 Å². The number of sulfone groups is 1. The Morgan fingerprint density at radius 2 is 2.00 bits per heavy atom. The van der Waals surface area contributed by atoms with Gasteiger partial charge in [-0.1, -0.05) is 12.1 Å². The van der Waals surface area contributed by atoms with Gasteiger partial charge in [0.05, 0.1) is 20.9 Å². The van der Waals surface area contributed by atoms with Crippen LogP contribution in [0.15, 0.2) is 46.3 Å². The highest BCUT2D eigenvalue weighted by molar-refractivity contribution is 7.98. The second-order valence-electron chi connectivity index (χ2n) is 7.39. The van der Waals surface area contributed by atoms with E-state index in [4.69, 9.17) is 4.74 Å². The van der Waals surface area contributed by atoms with E-state index in [2.05, 4.69) is 4.98 Å². The van der Waals surface area contributed by atoms with E-state index in [0.717, 1.165) is 29.6 Å². The Kier molecular flexibility index (Phi) is 6.04. The minimum absolute atomic E-state index is 0.120. The summed E-state index contributed by atoms with van der Waals surface area (Å²) >= 11 is 1.13. The van der Waals surface area contributed by atoms with Crippen LogP contribution < -0.4 is 0 Å². The number of pyridine rings is 1. The minimum atomic E-state index is -4.49. The highest BCUT2D eigenvalue weighted by Crippen LogP contribution is 2.44. The lowest BCUT2D eigenvalue weighted by molar-refractivity contribution is -0.138. The van der Waals surface area contributed by atoms with Gasteiger partial charge in [-0.3, -0.25) is 4.98 Å². The maximum Gasteiger partial charge on any atom is 0.417 e. The third-order valence-electron chi connectivity index (χ3n) is 5.25. The van der Waals surface area contributed by atoms with Gasteiger partial charge in [-0.05, 0) is 56.7 Å². The monoisotopic (exact) mass is 445 g/mol. The maximum absolute atomic E-state index is 13.3. The summed E-state index contributed by atoms with van der Waals surface area (Å²) in [4.78, 5) is 4.59. The molecule has 1 aromatic heterocycles. The van der Waals surface area contributed by atoms with Crippen molar-refractivity contribution in [1.29, 1.82) is 0 Å². The topological polar surface area (TPSA) is 56.3 Å². The molecule has 1 aromatic carbocycles. The first-order chi connectivity index (χ1) is 13.5. The summed E-state index contributed by atoms with van der Waals surface area (Å²) < 4.78 is 70.4. The summed E-state index contributed by atoms with van der Waals surface area (Å²) in [6.45, 7) is 3.68. The Labute approximate surface area is 172 Å². The molecule has 0 spiro atoms. The van der Waals surface area contributed by atoms with E-state index in [-0.39, 0.29) is 17.9 Å². The maximum atomic E-state index is 13.3. The number of benzene rings is 1. The molecule has 29 heavy (non-hydrogen) atoms. The summed E-state index contributed by atoms with van der Waals surface area (Å²) in [5.74, 6) is 0. The minimum Gasteiger partial charge on any atom is -0.372 e. The van der Waals surface area contributed by atoms with Crippen LogP contribution in [0.5, 0.6) is 0 Å². The fourth-order valence-electron chi connectivity index (χ4n) is 3.47. The molecule has 2 heterocycles. The van der Waals surface area contributed by atoms with Gasteiger partial charge in [-0.15, -0.1) is 11.8 Å². The van der Waals surface area contributed by atoms with Crippen molar-refractivity contribution in [2.24, 2.45) is 0 Å². The molecule has 4 nitrogen and oxygen atoms in total. The van der Waals surface area contributed by atoms with Crippen LogP contribution >= 0.6 is 11.8 Å². The van der Waals surface area contributed by atoms with Crippen molar-refractivity contribution < 1.29 is 26.3 Å². The van der Waals surface area contributed by atoms with E-state index >= 15 is 0 Å². The molecule has 0 aliphatic carbocycles. The van der Waals surface area contributed by atoms with Gasteiger partial charge >= 0.3 is 6.18 Å². The summed E-state index contributed by atoms with van der Waals surface area (Å²) in [5, 5.41) is 0. The normalized spacial score (nSPS) is 23.2. The second-order valence-corrected chi connectivity index (χ2v) is 10.7. The Morgan fingerprint density at radius 1 is 1.28 bits per heavy atom. The number of thioether (sulfide) groups is 1. The Morgan fingerprint density at radius 3 is 2.62 bits per heavy atom. The van der Waals surface area contributed by atoms with E-state index < -0.39 is 32.4 Å². The number of halogens is 3. The first kappa shape index (κ1) is 22.1. The quantitative estimate of drug-likeness (QED) is 0.605. The first-order valence-electron chi connectivity index (χ1n) is 9.02. The zero-order valence-corrected chi connectivity index (χ0v) is 17.9. The average Bonchev–Trinajstić information content (AvgIpc) is 2.66. The third kappa shape index (κ3) is 4.32. The van der Waals surface area contributed by atoms with Crippen LogP contribution in [0.2, 0.25) is 0 Å². The molecule has 158 valence electrons. The fourth-order valence-corrected chi connectivity index (χ4v) is 6.00. The van der Waals surface area contributed by atoms with Crippen molar-refractivity contribution in [1.82, 2.24) is 4.98 Å². The molecule has 1 aliphatic heterocycles. The standard InChI is InChI=1S/C20H22F3NO3S2/c1-13-5-4-6-15(9-13)29(25,26)19(2)7-8-27-16(11-19)18-17(28-3)10-14(12-24-18)20(21,22)23/h4-6,9-10,12,16H,7-8,11H2,1-3H3. The number of aromatic nitrogens is 1. The number of rotatable bonds is 4. The summed E-state index contributed by atoms with van der Waals surface area (Å²) in [7, 11) is -3.67. The number of ether oxygens (including phenoxy) is 1. The second kappa shape index (κ2) is 7.92. The molecule has 1 aliphatic rings. The van der Waals surface area contributed by atoms with Gasteiger partial charge in [-0.2, -0.15) is 13.2 Å². The number of alkyl halides is 3. The SMILES string of the molecule is CSc1cc(C(F)(F)F)cnc1C1CC(C)(S(=O)(=O)c2cccc(C)c2)CCO1. The van der Waals surface area contributed by atoms with Crippen molar-refractivity contribution in [3.63, 3.8) is 0 Å². The molecule has 2 aromatic rings. The van der Waals surface area contributed by atoms with Gasteiger partial charge in [-0.25, -0.2) is 8.42 Å². The summed E-state index contributed by atoms with van der Waals surface area (Å²) in [5.41, 5.74) is 0.347. The van der Waals surface area contributed by atoms with Crippen LogP contribution in [0.4, 0.5) is 13.2 Å². The smallest absolute Gasteiger partial charge is 0.372 e. The summed E-state index contributed by atoms with van der Waals surface area (Å²) in [6, 6.07) is 7.77. The van der Waals surface area contributed by atoms with Gasteiger partial charge < -0.3 is 4.74 Å². The molecular formula is C20H22F3NO3S2. The molecule has 0 amide bonds. The third-order valence-corrected chi connectivity index (χ3v) is 8.56. The number of aryl methyl sites for hydroxylation is 1. The van der Waals surface area contributed by atoms with E-state index in [9.17, 15) is 21.6 Å². The predicted octanol–water partition coefficient (Wildman–Crippen LogP) is 5.21. The van der Waals surface area contributed by atoms with Crippen molar-refractivity contribution in [2.45, 2.75) is 53.5 Å². The first-order valence-corrected chi connectivity index (χ1v) is 11.7. The largest absolute Gasteiger partial charge is 0.417 e. The number of hydrogen-bond donors (Lipinski definition) is 0. The van der Waals surface area contributed by atoms with Crippen LogP contribution in [-0.4, -0.2) is 31.0 Å². The molecule has 1 fully saturated rings. The lowest BCUT2D eigenvalue weighted by Gasteiger charge is -2.38. The Balaban J connectivity index is 1.97. The average molecular weight is 446 g/mol.